The SMILES string of the molecule is O=[N+]([O-])c1cc2c(cc1Oc1ccccn1)OCO2. The third-order valence-corrected chi connectivity index (χ3v) is 2.50. The van der Waals surface area contributed by atoms with Gasteiger partial charge in [-0.3, -0.25) is 10.1 Å². The van der Waals surface area contributed by atoms with Gasteiger partial charge in [0, 0.05) is 18.3 Å². The molecule has 0 N–H and O–H groups in total. The minimum atomic E-state index is -0.541. The number of aromatic nitrogens is 1. The number of hydrogen-bond donors (Lipinski definition) is 0. The third kappa shape index (κ3) is 2.13. The number of nitro benzene ring substituents is 1. The van der Waals surface area contributed by atoms with Crippen molar-refractivity contribution in [1.82, 2.24) is 4.98 Å². The zero-order valence-electron chi connectivity index (χ0n) is 9.61. The maximum Gasteiger partial charge on any atom is 0.315 e. The van der Waals surface area contributed by atoms with Gasteiger partial charge in [0.25, 0.3) is 0 Å². The van der Waals surface area contributed by atoms with E-state index in [1.54, 1.807) is 18.2 Å². The summed E-state index contributed by atoms with van der Waals surface area (Å²) in [6.07, 6.45) is 1.54. The van der Waals surface area contributed by atoms with E-state index in [1.807, 2.05) is 0 Å². The molecule has 1 aliphatic rings. The van der Waals surface area contributed by atoms with Crippen LogP contribution >= 0.6 is 0 Å². The Hall–Kier alpha value is -2.83. The number of ether oxygens (including phenoxy) is 3. The highest BCUT2D eigenvalue weighted by atomic mass is 16.7. The van der Waals surface area contributed by atoms with Crippen LogP contribution in [0.4, 0.5) is 5.69 Å². The van der Waals surface area contributed by atoms with Gasteiger partial charge >= 0.3 is 5.69 Å². The predicted octanol–water partition coefficient (Wildman–Crippen LogP) is 2.51. The van der Waals surface area contributed by atoms with Crippen LogP contribution in [0.25, 0.3) is 0 Å². The molecule has 0 saturated carbocycles. The Morgan fingerprint density at radius 2 is 2.05 bits per heavy atom. The second-order valence-corrected chi connectivity index (χ2v) is 3.70. The van der Waals surface area contributed by atoms with Crippen molar-refractivity contribution < 1.29 is 19.1 Å². The highest BCUT2D eigenvalue weighted by Gasteiger charge is 2.25. The fraction of sp³-hybridized carbons (Fsp3) is 0.0833. The number of pyridine rings is 1. The zero-order valence-corrected chi connectivity index (χ0v) is 9.61. The minimum absolute atomic E-state index is 0.0412. The molecule has 1 aromatic heterocycles. The Labute approximate surface area is 107 Å². The number of rotatable bonds is 3. The minimum Gasteiger partial charge on any atom is -0.453 e. The largest absolute Gasteiger partial charge is 0.453 e. The number of nitro groups is 1. The van der Waals surface area contributed by atoms with Crippen LogP contribution in [-0.4, -0.2) is 16.7 Å². The monoisotopic (exact) mass is 260 g/mol. The summed E-state index contributed by atoms with van der Waals surface area (Å²) in [6, 6.07) is 7.76. The van der Waals surface area contributed by atoms with Crippen molar-refractivity contribution in [3.63, 3.8) is 0 Å². The molecule has 2 aromatic rings. The smallest absolute Gasteiger partial charge is 0.315 e. The van der Waals surface area contributed by atoms with Gasteiger partial charge < -0.3 is 14.2 Å². The molecule has 0 unspecified atom stereocenters. The molecule has 7 heteroatoms. The molecule has 0 amide bonds. The Morgan fingerprint density at radius 3 is 2.74 bits per heavy atom. The Balaban J connectivity index is 2.02. The van der Waals surface area contributed by atoms with E-state index < -0.39 is 4.92 Å². The maximum atomic E-state index is 11.0. The van der Waals surface area contributed by atoms with Gasteiger partial charge in [-0.2, -0.15) is 0 Å². The summed E-state index contributed by atoms with van der Waals surface area (Å²) >= 11 is 0. The molecule has 0 fully saturated rings. The molecule has 1 aliphatic heterocycles. The molecule has 2 heterocycles. The van der Waals surface area contributed by atoms with Gasteiger partial charge in [-0.1, -0.05) is 6.07 Å². The fourth-order valence-electron chi connectivity index (χ4n) is 1.66. The van der Waals surface area contributed by atoms with Crippen molar-refractivity contribution in [2.45, 2.75) is 0 Å². The van der Waals surface area contributed by atoms with E-state index in [0.717, 1.165) is 0 Å². The lowest BCUT2D eigenvalue weighted by Gasteiger charge is -2.06. The van der Waals surface area contributed by atoms with Crippen LogP contribution in [0.15, 0.2) is 36.5 Å². The topological polar surface area (TPSA) is 83.7 Å². The summed E-state index contributed by atoms with van der Waals surface area (Å²) in [5.41, 5.74) is -0.199. The van der Waals surface area contributed by atoms with E-state index in [2.05, 4.69) is 4.98 Å². The van der Waals surface area contributed by atoms with Crippen LogP contribution in [0, 0.1) is 10.1 Å². The molecule has 96 valence electrons. The number of benzene rings is 1. The lowest BCUT2D eigenvalue weighted by atomic mass is 10.2. The second-order valence-electron chi connectivity index (χ2n) is 3.70. The van der Waals surface area contributed by atoms with Gasteiger partial charge in [0.05, 0.1) is 11.0 Å². The average Bonchev–Trinajstić information content (AvgIpc) is 2.86. The second kappa shape index (κ2) is 4.45. The van der Waals surface area contributed by atoms with Crippen molar-refractivity contribution in [3.8, 4) is 23.1 Å². The molecule has 7 nitrogen and oxygen atoms in total. The van der Waals surface area contributed by atoms with E-state index >= 15 is 0 Å². The highest BCUT2D eigenvalue weighted by molar-refractivity contribution is 5.59. The summed E-state index contributed by atoms with van der Waals surface area (Å²) in [5.74, 6) is 1.08. The van der Waals surface area contributed by atoms with Crippen LogP contribution in [0.1, 0.15) is 0 Å². The Morgan fingerprint density at radius 1 is 1.26 bits per heavy atom. The first-order chi connectivity index (χ1) is 9.24. The van der Waals surface area contributed by atoms with Gasteiger partial charge in [0.2, 0.25) is 18.4 Å². The first-order valence-corrected chi connectivity index (χ1v) is 5.41. The Bertz CT molecular complexity index is 630. The summed E-state index contributed by atoms with van der Waals surface area (Å²) in [6.45, 7) is 0.0412. The van der Waals surface area contributed by atoms with Gasteiger partial charge in [-0.25, -0.2) is 4.98 Å². The molecule has 1 aromatic carbocycles. The van der Waals surface area contributed by atoms with Gasteiger partial charge in [0.1, 0.15) is 0 Å². The van der Waals surface area contributed by atoms with Crippen molar-refractivity contribution in [2.24, 2.45) is 0 Å². The summed E-state index contributed by atoms with van der Waals surface area (Å²) < 4.78 is 15.7. The third-order valence-electron chi connectivity index (χ3n) is 2.50. The van der Waals surface area contributed by atoms with E-state index in [-0.39, 0.29) is 24.1 Å². The van der Waals surface area contributed by atoms with Crippen molar-refractivity contribution in [2.75, 3.05) is 6.79 Å². The molecule has 3 rings (SSSR count). The number of hydrogen-bond acceptors (Lipinski definition) is 6. The summed E-state index contributed by atoms with van der Waals surface area (Å²) in [5, 5.41) is 11.0. The quantitative estimate of drug-likeness (QED) is 0.622. The van der Waals surface area contributed by atoms with E-state index in [1.165, 1.54) is 18.3 Å². The molecule has 0 saturated heterocycles. The molecular weight excluding hydrogens is 252 g/mol. The molecule has 0 radical (unpaired) electrons. The first kappa shape index (κ1) is 11.3. The van der Waals surface area contributed by atoms with Crippen LogP contribution in [0.3, 0.4) is 0 Å². The van der Waals surface area contributed by atoms with Gasteiger partial charge in [-0.05, 0) is 6.07 Å². The van der Waals surface area contributed by atoms with Crippen molar-refractivity contribution >= 4 is 5.69 Å². The van der Waals surface area contributed by atoms with Crippen molar-refractivity contribution in [1.29, 1.82) is 0 Å². The maximum absolute atomic E-state index is 11.0. The van der Waals surface area contributed by atoms with Crippen LogP contribution in [0.5, 0.6) is 23.1 Å². The fourth-order valence-corrected chi connectivity index (χ4v) is 1.66. The standard InChI is InChI=1S/C12H8N2O5/c15-14(16)8-5-10-11(18-7-17-10)6-9(8)19-12-3-1-2-4-13-12/h1-6H,7H2. The van der Waals surface area contributed by atoms with E-state index in [0.29, 0.717) is 11.5 Å². The number of fused-ring (bicyclic) bond motifs is 1. The normalized spacial score (nSPS) is 12.2. The molecular formula is C12H8N2O5. The first-order valence-electron chi connectivity index (χ1n) is 5.41. The molecule has 0 bridgehead atoms. The molecule has 0 aliphatic carbocycles. The van der Waals surface area contributed by atoms with E-state index in [9.17, 15) is 10.1 Å². The highest BCUT2D eigenvalue weighted by Crippen LogP contribution is 2.42. The van der Waals surface area contributed by atoms with Gasteiger partial charge in [-0.15, -0.1) is 0 Å². The van der Waals surface area contributed by atoms with Crippen LogP contribution in [0.2, 0.25) is 0 Å². The summed E-state index contributed by atoms with van der Waals surface area (Å²) in [4.78, 5) is 14.4. The Kier molecular flexibility index (Phi) is 2.64. The lowest BCUT2D eigenvalue weighted by molar-refractivity contribution is -0.385. The van der Waals surface area contributed by atoms with Crippen LogP contribution in [-0.2, 0) is 0 Å². The predicted molar refractivity (Wildman–Crippen MR) is 63.5 cm³/mol. The van der Waals surface area contributed by atoms with E-state index in [4.69, 9.17) is 14.2 Å². The zero-order chi connectivity index (χ0) is 13.2. The van der Waals surface area contributed by atoms with Gasteiger partial charge in [0.15, 0.2) is 11.5 Å². The molecule has 0 atom stereocenters. The van der Waals surface area contributed by atoms with Crippen molar-refractivity contribution in [3.05, 3.63) is 46.6 Å². The lowest BCUT2D eigenvalue weighted by Crippen LogP contribution is -1.94. The summed E-state index contributed by atoms with van der Waals surface area (Å²) in [7, 11) is 0. The average molecular weight is 260 g/mol. The van der Waals surface area contributed by atoms with Crippen LogP contribution < -0.4 is 14.2 Å². The molecule has 0 spiro atoms. The number of nitrogens with zero attached hydrogens (tertiary/aromatic N) is 2. The molecule has 19 heavy (non-hydrogen) atoms.